The van der Waals surface area contributed by atoms with Crippen LogP contribution in [0.15, 0.2) is 59.5 Å². The minimum atomic E-state index is -3.88. The largest absolute Gasteiger partial charge is 0.452 e. The Hall–Kier alpha value is -3.22. The number of carbonyl (C=O) groups excluding carboxylic acids is 2. The summed E-state index contributed by atoms with van der Waals surface area (Å²) in [6.45, 7) is 1.35. The van der Waals surface area contributed by atoms with Crippen molar-refractivity contribution in [2.24, 2.45) is 0 Å². The first-order chi connectivity index (χ1) is 13.8. The quantitative estimate of drug-likeness (QED) is 0.476. The van der Waals surface area contributed by atoms with Gasteiger partial charge in [-0.05, 0) is 30.7 Å². The van der Waals surface area contributed by atoms with Crippen molar-refractivity contribution < 1.29 is 22.7 Å². The Kier molecular flexibility index (Phi) is 7.88. The number of benzene rings is 2. The number of hydrogen-bond acceptors (Lipinski definition) is 6. The van der Waals surface area contributed by atoms with Gasteiger partial charge in [-0.1, -0.05) is 36.4 Å². The molecule has 0 aliphatic rings. The lowest BCUT2D eigenvalue weighted by atomic mass is 10.1. The lowest BCUT2D eigenvalue weighted by molar-refractivity contribution is -0.124. The fraction of sp³-hybridized carbons (Fsp3) is 0.250. The monoisotopic (exact) mass is 415 g/mol. The summed E-state index contributed by atoms with van der Waals surface area (Å²) >= 11 is 0. The average Bonchev–Trinajstić information content (AvgIpc) is 2.72. The van der Waals surface area contributed by atoms with E-state index >= 15 is 0 Å². The SMILES string of the molecule is C[C@H](NS(=O)(=O)c1cccc(C(=O)OCC(=O)NCCC#N)c1)c1ccccc1. The predicted octanol–water partition coefficient (Wildman–Crippen LogP) is 1.91. The molecule has 0 heterocycles. The summed E-state index contributed by atoms with van der Waals surface area (Å²) < 4.78 is 32.8. The summed E-state index contributed by atoms with van der Waals surface area (Å²) in [5.41, 5.74) is 0.805. The second-order valence-electron chi connectivity index (χ2n) is 6.12. The van der Waals surface area contributed by atoms with Crippen LogP contribution in [-0.4, -0.2) is 33.4 Å². The van der Waals surface area contributed by atoms with Gasteiger partial charge in [0.2, 0.25) is 10.0 Å². The van der Waals surface area contributed by atoms with Crippen LogP contribution < -0.4 is 10.0 Å². The van der Waals surface area contributed by atoms with Crippen LogP contribution in [0.4, 0.5) is 0 Å². The molecule has 0 unspecified atom stereocenters. The lowest BCUT2D eigenvalue weighted by Gasteiger charge is -2.15. The zero-order valence-electron chi connectivity index (χ0n) is 15.8. The van der Waals surface area contributed by atoms with Crippen LogP contribution in [0.5, 0.6) is 0 Å². The highest BCUT2D eigenvalue weighted by Crippen LogP contribution is 2.18. The van der Waals surface area contributed by atoms with Crippen LogP contribution >= 0.6 is 0 Å². The van der Waals surface area contributed by atoms with Gasteiger partial charge in [0.15, 0.2) is 6.61 Å². The Bertz CT molecular complexity index is 1000. The highest BCUT2D eigenvalue weighted by molar-refractivity contribution is 7.89. The van der Waals surface area contributed by atoms with Crippen molar-refractivity contribution in [3.63, 3.8) is 0 Å². The predicted molar refractivity (Wildman–Crippen MR) is 105 cm³/mol. The molecule has 0 bridgehead atoms. The molecule has 0 radical (unpaired) electrons. The van der Waals surface area contributed by atoms with Crippen LogP contribution in [-0.2, 0) is 19.6 Å². The number of nitrogens with one attached hydrogen (secondary N) is 2. The Morgan fingerprint density at radius 2 is 1.86 bits per heavy atom. The Balaban J connectivity index is 2.03. The number of carbonyl (C=O) groups is 2. The standard InChI is InChI=1S/C20H21N3O5S/c1-15(16-7-3-2-4-8-16)23-29(26,27)18-10-5-9-17(13-18)20(25)28-14-19(24)22-12-6-11-21/h2-5,7-10,13,15,23H,6,12,14H2,1H3,(H,22,24)/t15-/m0/s1. The highest BCUT2D eigenvalue weighted by Gasteiger charge is 2.20. The minimum Gasteiger partial charge on any atom is -0.452 e. The molecule has 9 heteroatoms. The van der Waals surface area contributed by atoms with E-state index in [9.17, 15) is 18.0 Å². The van der Waals surface area contributed by atoms with Crippen LogP contribution in [0, 0.1) is 11.3 Å². The third-order valence-corrected chi connectivity index (χ3v) is 5.44. The first kappa shape index (κ1) is 22.1. The molecule has 0 spiro atoms. The minimum absolute atomic E-state index is 0.00469. The van der Waals surface area contributed by atoms with E-state index in [1.807, 2.05) is 36.4 Å². The van der Waals surface area contributed by atoms with Crippen LogP contribution in [0.2, 0.25) is 0 Å². The van der Waals surface area contributed by atoms with Crippen molar-refractivity contribution >= 4 is 21.9 Å². The van der Waals surface area contributed by atoms with Gasteiger partial charge in [0.1, 0.15) is 0 Å². The molecule has 2 aromatic rings. The molecule has 0 fully saturated rings. The Labute approximate surface area is 169 Å². The van der Waals surface area contributed by atoms with E-state index in [0.717, 1.165) is 5.56 Å². The lowest BCUT2D eigenvalue weighted by Crippen LogP contribution is -2.29. The van der Waals surface area contributed by atoms with Gasteiger partial charge < -0.3 is 10.1 Å². The normalized spacial score (nSPS) is 11.9. The Morgan fingerprint density at radius 1 is 1.14 bits per heavy atom. The first-order valence-electron chi connectivity index (χ1n) is 8.81. The number of esters is 1. The second-order valence-corrected chi connectivity index (χ2v) is 7.83. The summed E-state index contributed by atoms with van der Waals surface area (Å²) in [5, 5.41) is 10.8. The van der Waals surface area contributed by atoms with Crippen molar-refractivity contribution in [1.29, 1.82) is 5.26 Å². The number of nitriles is 1. The number of rotatable bonds is 9. The summed E-state index contributed by atoms with van der Waals surface area (Å²) in [6, 6.07) is 15.9. The third-order valence-electron chi connectivity index (χ3n) is 3.90. The summed E-state index contributed by atoms with van der Waals surface area (Å²) in [4.78, 5) is 23.6. The zero-order chi connectivity index (χ0) is 21.3. The van der Waals surface area contributed by atoms with Crippen LogP contribution in [0.1, 0.15) is 35.3 Å². The van der Waals surface area contributed by atoms with Crippen LogP contribution in [0.25, 0.3) is 0 Å². The van der Waals surface area contributed by atoms with Crippen molar-refractivity contribution in [2.75, 3.05) is 13.2 Å². The van der Waals surface area contributed by atoms with Crippen molar-refractivity contribution in [3.05, 3.63) is 65.7 Å². The van der Waals surface area contributed by atoms with E-state index in [-0.39, 0.29) is 23.4 Å². The molecule has 8 nitrogen and oxygen atoms in total. The molecule has 0 saturated heterocycles. The molecule has 2 N–H and O–H groups in total. The summed E-state index contributed by atoms with van der Waals surface area (Å²) in [6.07, 6.45) is 0.147. The number of amides is 1. The fourth-order valence-electron chi connectivity index (χ4n) is 2.42. The van der Waals surface area contributed by atoms with Crippen molar-refractivity contribution in [1.82, 2.24) is 10.0 Å². The Morgan fingerprint density at radius 3 is 2.55 bits per heavy atom. The van der Waals surface area contributed by atoms with Gasteiger partial charge in [-0.15, -0.1) is 0 Å². The van der Waals surface area contributed by atoms with Gasteiger partial charge in [0.05, 0.1) is 22.9 Å². The molecule has 152 valence electrons. The molecule has 1 atom stereocenters. The van der Waals surface area contributed by atoms with E-state index < -0.39 is 34.5 Å². The molecule has 1 amide bonds. The molecular weight excluding hydrogens is 394 g/mol. The first-order valence-corrected chi connectivity index (χ1v) is 10.3. The van der Waals surface area contributed by atoms with Gasteiger partial charge in [-0.2, -0.15) is 5.26 Å². The average molecular weight is 415 g/mol. The van der Waals surface area contributed by atoms with Gasteiger partial charge in [-0.25, -0.2) is 17.9 Å². The number of sulfonamides is 1. The maximum absolute atomic E-state index is 12.6. The van der Waals surface area contributed by atoms with E-state index in [2.05, 4.69) is 10.0 Å². The maximum atomic E-state index is 12.6. The smallest absolute Gasteiger partial charge is 0.338 e. The molecule has 2 rings (SSSR count). The maximum Gasteiger partial charge on any atom is 0.338 e. The third kappa shape index (κ3) is 6.71. The summed E-state index contributed by atoms with van der Waals surface area (Å²) in [5.74, 6) is -1.37. The zero-order valence-corrected chi connectivity index (χ0v) is 16.6. The molecule has 0 aromatic heterocycles. The number of ether oxygens (including phenoxy) is 1. The summed E-state index contributed by atoms with van der Waals surface area (Å²) in [7, 11) is -3.88. The van der Waals surface area contributed by atoms with Gasteiger partial charge in [0, 0.05) is 12.6 Å². The van der Waals surface area contributed by atoms with E-state index in [1.54, 1.807) is 6.92 Å². The fourth-order valence-corrected chi connectivity index (χ4v) is 3.70. The van der Waals surface area contributed by atoms with E-state index in [0.29, 0.717) is 0 Å². The second kappa shape index (κ2) is 10.4. The number of nitrogens with zero attached hydrogens (tertiary/aromatic N) is 1. The molecule has 29 heavy (non-hydrogen) atoms. The van der Waals surface area contributed by atoms with Gasteiger partial charge in [0.25, 0.3) is 5.91 Å². The van der Waals surface area contributed by atoms with E-state index in [4.69, 9.17) is 10.00 Å². The molecule has 2 aromatic carbocycles. The topological polar surface area (TPSA) is 125 Å². The van der Waals surface area contributed by atoms with Crippen molar-refractivity contribution in [3.8, 4) is 6.07 Å². The molecule has 0 aliphatic heterocycles. The molecule has 0 saturated carbocycles. The highest BCUT2D eigenvalue weighted by atomic mass is 32.2. The number of hydrogen-bond donors (Lipinski definition) is 2. The molecule has 0 aliphatic carbocycles. The van der Waals surface area contributed by atoms with Gasteiger partial charge >= 0.3 is 5.97 Å². The van der Waals surface area contributed by atoms with Crippen LogP contribution in [0.3, 0.4) is 0 Å². The van der Waals surface area contributed by atoms with E-state index in [1.165, 1.54) is 24.3 Å². The van der Waals surface area contributed by atoms with Crippen molar-refractivity contribution in [2.45, 2.75) is 24.3 Å². The van der Waals surface area contributed by atoms with Gasteiger partial charge in [-0.3, -0.25) is 4.79 Å². The molecular formula is C20H21N3O5S.